The highest BCUT2D eigenvalue weighted by atomic mass is 16.3. The predicted molar refractivity (Wildman–Crippen MR) is 83.6 cm³/mol. The fourth-order valence-electron chi connectivity index (χ4n) is 3.29. The lowest BCUT2D eigenvalue weighted by atomic mass is 9.74. The van der Waals surface area contributed by atoms with Crippen molar-refractivity contribution in [2.75, 3.05) is 19.6 Å². The first-order chi connectivity index (χ1) is 9.73. The number of hydrogen-bond donors (Lipinski definition) is 1. The van der Waals surface area contributed by atoms with Crippen molar-refractivity contribution in [2.45, 2.75) is 59.5 Å². The van der Waals surface area contributed by atoms with Crippen molar-refractivity contribution in [3.63, 3.8) is 0 Å². The van der Waals surface area contributed by atoms with E-state index >= 15 is 0 Å². The summed E-state index contributed by atoms with van der Waals surface area (Å²) in [5, 5.41) is 3.35. The van der Waals surface area contributed by atoms with Crippen LogP contribution in [0, 0.1) is 5.41 Å². The van der Waals surface area contributed by atoms with Crippen molar-refractivity contribution in [2.24, 2.45) is 5.41 Å². The predicted octanol–water partition coefficient (Wildman–Crippen LogP) is 3.79. The van der Waals surface area contributed by atoms with Crippen molar-refractivity contribution >= 4 is 0 Å². The maximum atomic E-state index is 5.60. The average Bonchev–Trinajstić information content (AvgIpc) is 2.93. The summed E-state index contributed by atoms with van der Waals surface area (Å²) < 4.78 is 5.60. The third-order valence-electron chi connectivity index (χ3n) is 5.18. The molecule has 1 saturated heterocycles. The number of nitrogens with one attached hydrogen (secondary N) is 1. The first kappa shape index (κ1) is 15.6. The Morgan fingerprint density at radius 1 is 1.20 bits per heavy atom. The van der Waals surface area contributed by atoms with Crippen LogP contribution in [0.1, 0.15) is 57.8 Å². The normalized spacial score (nSPS) is 19.4. The van der Waals surface area contributed by atoms with Gasteiger partial charge in [-0.25, -0.2) is 0 Å². The second kappa shape index (κ2) is 7.28. The molecule has 1 N–H and O–H groups in total. The largest absolute Gasteiger partial charge is 0.468 e. The number of rotatable bonds is 7. The monoisotopic (exact) mass is 278 g/mol. The third-order valence-corrected chi connectivity index (χ3v) is 5.18. The minimum Gasteiger partial charge on any atom is -0.468 e. The van der Waals surface area contributed by atoms with Crippen molar-refractivity contribution in [1.82, 2.24) is 10.2 Å². The quantitative estimate of drug-likeness (QED) is 0.822. The smallest absolute Gasteiger partial charge is 0.122 e. The molecule has 0 atom stereocenters. The molecule has 0 aromatic carbocycles. The summed E-state index contributed by atoms with van der Waals surface area (Å²) in [6.45, 7) is 12.2. The molecule has 20 heavy (non-hydrogen) atoms. The first-order valence-corrected chi connectivity index (χ1v) is 8.21. The van der Waals surface area contributed by atoms with Crippen LogP contribution in [-0.2, 0) is 13.1 Å². The number of likely N-dealkylation sites (tertiary alicyclic amines) is 1. The van der Waals surface area contributed by atoms with Gasteiger partial charge in [-0.15, -0.1) is 0 Å². The lowest BCUT2D eigenvalue weighted by Gasteiger charge is -2.41. The van der Waals surface area contributed by atoms with Gasteiger partial charge in [0.05, 0.1) is 12.8 Å². The molecule has 2 rings (SSSR count). The van der Waals surface area contributed by atoms with Gasteiger partial charge in [0.25, 0.3) is 0 Å². The van der Waals surface area contributed by atoms with Gasteiger partial charge in [-0.3, -0.25) is 4.90 Å². The van der Waals surface area contributed by atoms with Crippen molar-refractivity contribution in [3.8, 4) is 0 Å². The molecule has 1 aliphatic rings. The van der Waals surface area contributed by atoms with Crippen LogP contribution in [0.25, 0.3) is 0 Å². The van der Waals surface area contributed by atoms with Crippen LogP contribution in [0.5, 0.6) is 0 Å². The first-order valence-electron chi connectivity index (χ1n) is 8.21. The third kappa shape index (κ3) is 3.64. The number of hydrogen-bond acceptors (Lipinski definition) is 3. The molecule has 1 fully saturated rings. The molecule has 114 valence electrons. The second-order valence-corrected chi connectivity index (χ2v) is 6.13. The Bertz CT molecular complexity index is 385. The van der Waals surface area contributed by atoms with Gasteiger partial charge in [-0.05, 0) is 44.0 Å². The average molecular weight is 278 g/mol. The van der Waals surface area contributed by atoms with E-state index in [-0.39, 0.29) is 0 Å². The van der Waals surface area contributed by atoms with E-state index in [1.807, 2.05) is 6.26 Å². The summed E-state index contributed by atoms with van der Waals surface area (Å²) in [4.78, 5) is 2.59. The summed E-state index contributed by atoms with van der Waals surface area (Å²) in [6.07, 6.45) is 7.18. The molecule has 3 heteroatoms. The van der Waals surface area contributed by atoms with Crippen LogP contribution in [0.4, 0.5) is 0 Å². The molecule has 3 nitrogen and oxygen atoms in total. The van der Waals surface area contributed by atoms with Gasteiger partial charge in [-0.1, -0.05) is 33.6 Å². The van der Waals surface area contributed by atoms with E-state index in [0.29, 0.717) is 5.41 Å². The van der Waals surface area contributed by atoms with Crippen LogP contribution in [0.2, 0.25) is 0 Å². The lowest BCUT2D eigenvalue weighted by Crippen LogP contribution is -2.39. The second-order valence-electron chi connectivity index (χ2n) is 6.13. The summed E-state index contributed by atoms with van der Waals surface area (Å²) in [5.74, 6) is 1.11. The van der Waals surface area contributed by atoms with Gasteiger partial charge in [0.1, 0.15) is 5.76 Å². The molecule has 0 bridgehead atoms. The fraction of sp³-hybridized carbons (Fsp3) is 0.765. The van der Waals surface area contributed by atoms with E-state index < -0.39 is 0 Å². The summed E-state index contributed by atoms with van der Waals surface area (Å²) >= 11 is 0. The lowest BCUT2D eigenvalue weighted by molar-refractivity contribution is 0.0905. The zero-order valence-electron chi connectivity index (χ0n) is 13.4. The molecule has 0 amide bonds. The minimum absolute atomic E-state index is 0.611. The highest BCUT2D eigenvalue weighted by molar-refractivity contribution is 5.17. The molecule has 0 aliphatic carbocycles. The molecule has 2 heterocycles. The minimum atomic E-state index is 0.611. The fourth-order valence-corrected chi connectivity index (χ4v) is 3.29. The van der Waals surface area contributed by atoms with Crippen LogP contribution >= 0.6 is 0 Å². The Morgan fingerprint density at radius 2 is 1.90 bits per heavy atom. The molecule has 0 unspecified atom stereocenters. The Hall–Kier alpha value is -0.800. The summed E-state index contributed by atoms with van der Waals surface area (Å²) in [5.41, 5.74) is 1.96. The Labute approximate surface area is 123 Å². The number of piperidine rings is 1. The van der Waals surface area contributed by atoms with E-state index in [4.69, 9.17) is 4.42 Å². The zero-order chi connectivity index (χ0) is 14.4. The van der Waals surface area contributed by atoms with Gasteiger partial charge < -0.3 is 9.73 Å². The van der Waals surface area contributed by atoms with E-state index in [0.717, 1.165) is 25.4 Å². The standard InChI is InChI=1S/C17H30N2O/c1-4-17(5-2)8-10-19(11-9-17)14-15-7-12-20-16(15)13-18-6-3/h7,12,18H,4-6,8-11,13-14H2,1-3H3. The van der Waals surface area contributed by atoms with Crippen LogP contribution in [-0.4, -0.2) is 24.5 Å². The zero-order valence-corrected chi connectivity index (χ0v) is 13.4. The molecule has 1 aliphatic heterocycles. The van der Waals surface area contributed by atoms with Crippen molar-refractivity contribution in [1.29, 1.82) is 0 Å². The highest BCUT2D eigenvalue weighted by Gasteiger charge is 2.31. The van der Waals surface area contributed by atoms with Gasteiger partial charge in [0, 0.05) is 12.1 Å². The van der Waals surface area contributed by atoms with E-state index in [9.17, 15) is 0 Å². The Morgan fingerprint density at radius 3 is 2.50 bits per heavy atom. The number of furan rings is 1. The molecule has 0 spiro atoms. The SMILES string of the molecule is CCNCc1occc1CN1CCC(CC)(CC)CC1. The van der Waals surface area contributed by atoms with Crippen LogP contribution in [0.15, 0.2) is 16.7 Å². The summed E-state index contributed by atoms with van der Waals surface area (Å²) in [7, 11) is 0. The highest BCUT2D eigenvalue weighted by Crippen LogP contribution is 2.38. The van der Waals surface area contributed by atoms with Crippen LogP contribution < -0.4 is 5.32 Å². The molecule has 1 aromatic rings. The number of nitrogens with zero attached hydrogens (tertiary/aromatic N) is 1. The molecular formula is C17H30N2O. The van der Waals surface area contributed by atoms with Gasteiger partial charge in [0.15, 0.2) is 0 Å². The molecule has 0 saturated carbocycles. The van der Waals surface area contributed by atoms with Crippen molar-refractivity contribution < 1.29 is 4.42 Å². The van der Waals surface area contributed by atoms with Gasteiger partial charge in [0.2, 0.25) is 0 Å². The van der Waals surface area contributed by atoms with Crippen LogP contribution in [0.3, 0.4) is 0 Å². The van der Waals surface area contributed by atoms with Crippen molar-refractivity contribution in [3.05, 3.63) is 23.7 Å². The Balaban J connectivity index is 1.88. The van der Waals surface area contributed by atoms with E-state index in [1.165, 1.54) is 44.3 Å². The molecular weight excluding hydrogens is 248 g/mol. The molecule has 1 aromatic heterocycles. The topological polar surface area (TPSA) is 28.4 Å². The van der Waals surface area contributed by atoms with E-state index in [2.05, 4.69) is 37.1 Å². The summed E-state index contributed by atoms with van der Waals surface area (Å²) in [6, 6.07) is 2.13. The van der Waals surface area contributed by atoms with Gasteiger partial charge in [-0.2, -0.15) is 0 Å². The van der Waals surface area contributed by atoms with Gasteiger partial charge >= 0.3 is 0 Å². The van der Waals surface area contributed by atoms with E-state index in [1.54, 1.807) is 0 Å². The molecule has 0 radical (unpaired) electrons. The maximum Gasteiger partial charge on any atom is 0.122 e. The maximum absolute atomic E-state index is 5.60. The Kier molecular flexibility index (Phi) is 5.67.